The van der Waals surface area contributed by atoms with Gasteiger partial charge >= 0.3 is 0 Å². The molecule has 2 nitrogen and oxygen atoms in total. The van der Waals surface area contributed by atoms with Crippen molar-refractivity contribution in [2.45, 2.75) is 18.1 Å². The standard InChI is InChI=1S/C21H18O2/c22-19-15-21(16-9-3-1-4-10-16,17-11-5-2-6-12-17)23-20-14-8-7-13-18(19)20/h1-14,19,22H,15H2. The lowest BCUT2D eigenvalue weighted by Gasteiger charge is -2.41. The van der Waals surface area contributed by atoms with Crippen LogP contribution in [-0.2, 0) is 5.60 Å². The molecule has 0 aliphatic carbocycles. The van der Waals surface area contributed by atoms with Crippen LogP contribution in [0, 0.1) is 0 Å². The summed E-state index contributed by atoms with van der Waals surface area (Å²) in [6, 6.07) is 28.0. The summed E-state index contributed by atoms with van der Waals surface area (Å²) in [5.74, 6) is 0.749. The van der Waals surface area contributed by atoms with Crippen molar-refractivity contribution in [2.75, 3.05) is 0 Å². The van der Waals surface area contributed by atoms with E-state index < -0.39 is 11.7 Å². The van der Waals surface area contributed by atoms with E-state index in [1.807, 2.05) is 60.7 Å². The van der Waals surface area contributed by atoms with Gasteiger partial charge in [0.25, 0.3) is 0 Å². The molecular formula is C21H18O2. The minimum absolute atomic E-state index is 0.498. The number of aliphatic hydroxyl groups excluding tert-OH is 1. The lowest BCUT2D eigenvalue weighted by atomic mass is 9.78. The fourth-order valence-corrected chi connectivity index (χ4v) is 3.40. The monoisotopic (exact) mass is 302 g/mol. The topological polar surface area (TPSA) is 29.5 Å². The number of hydrogen-bond acceptors (Lipinski definition) is 2. The van der Waals surface area contributed by atoms with Crippen LogP contribution < -0.4 is 4.74 Å². The molecule has 23 heavy (non-hydrogen) atoms. The molecule has 1 atom stereocenters. The van der Waals surface area contributed by atoms with Gasteiger partial charge in [0.2, 0.25) is 0 Å². The summed E-state index contributed by atoms with van der Waals surface area (Å²) in [4.78, 5) is 0. The van der Waals surface area contributed by atoms with Gasteiger partial charge in [0.1, 0.15) is 5.75 Å². The zero-order valence-electron chi connectivity index (χ0n) is 12.7. The Labute approximate surface area is 136 Å². The summed E-state index contributed by atoms with van der Waals surface area (Å²) >= 11 is 0. The number of fused-ring (bicyclic) bond motifs is 1. The van der Waals surface area contributed by atoms with Crippen LogP contribution >= 0.6 is 0 Å². The van der Waals surface area contributed by atoms with Gasteiger partial charge in [0.05, 0.1) is 6.10 Å². The van der Waals surface area contributed by atoms with Crippen LogP contribution in [0.5, 0.6) is 5.75 Å². The van der Waals surface area contributed by atoms with Gasteiger partial charge in [-0.2, -0.15) is 0 Å². The quantitative estimate of drug-likeness (QED) is 0.758. The molecule has 0 amide bonds. The van der Waals surface area contributed by atoms with Crippen molar-refractivity contribution >= 4 is 0 Å². The molecule has 2 heteroatoms. The second-order valence-electron chi connectivity index (χ2n) is 5.92. The molecular weight excluding hydrogens is 284 g/mol. The van der Waals surface area contributed by atoms with Gasteiger partial charge in [-0.05, 0) is 6.07 Å². The van der Waals surface area contributed by atoms with E-state index in [2.05, 4.69) is 24.3 Å². The number of ether oxygens (including phenoxy) is 1. The SMILES string of the molecule is OC1CC(c2ccccc2)(c2ccccc2)Oc2ccccc21. The fourth-order valence-electron chi connectivity index (χ4n) is 3.40. The van der Waals surface area contributed by atoms with E-state index in [9.17, 15) is 5.11 Å². The van der Waals surface area contributed by atoms with E-state index in [-0.39, 0.29) is 0 Å². The maximum Gasteiger partial charge on any atom is 0.162 e. The highest BCUT2D eigenvalue weighted by Gasteiger charge is 2.43. The highest BCUT2D eigenvalue weighted by Crippen LogP contribution is 2.48. The summed E-state index contributed by atoms with van der Waals surface area (Å²) in [6.07, 6.45) is -0.0572. The maximum atomic E-state index is 10.7. The Morgan fingerprint density at radius 2 is 1.26 bits per heavy atom. The van der Waals surface area contributed by atoms with Crippen LogP contribution in [-0.4, -0.2) is 5.11 Å². The first-order valence-electron chi connectivity index (χ1n) is 7.87. The van der Waals surface area contributed by atoms with E-state index in [0.717, 1.165) is 22.4 Å². The molecule has 1 aliphatic rings. The van der Waals surface area contributed by atoms with E-state index in [1.54, 1.807) is 0 Å². The molecule has 0 spiro atoms. The average molecular weight is 302 g/mol. The van der Waals surface area contributed by atoms with Crippen LogP contribution in [0.2, 0.25) is 0 Å². The summed E-state index contributed by atoms with van der Waals surface area (Å²) in [6.45, 7) is 0. The van der Waals surface area contributed by atoms with Crippen molar-refractivity contribution in [2.24, 2.45) is 0 Å². The first-order chi connectivity index (χ1) is 11.3. The van der Waals surface area contributed by atoms with Gasteiger partial charge in [0, 0.05) is 23.1 Å². The molecule has 1 aliphatic heterocycles. The van der Waals surface area contributed by atoms with Gasteiger partial charge in [0.15, 0.2) is 5.60 Å². The molecule has 4 rings (SSSR count). The maximum absolute atomic E-state index is 10.7. The molecule has 0 saturated carbocycles. The van der Waals surface area contributed by atoms with Gasteiger partial charge < -0.3 is 9.84 Å². The molecule has 1 N–H and O–H groups in total. The van der Waals surface area contributed by atoms with Gasteiger partial charge in [-0.25, -0.2) is 0 Å². The van der Waals surface area contributed by atoms with Crippen LogP contribution in [0.3, 0.4) is 0 Å². The Kier molecular flexibility index (Phi) is 3.40. The zero-order chi connectivity index (χ0) is 15.7. The number of aliphatic hydroxyl groups is 1. The Bertz CT molecular complexity index is 757. The van der Waals surface area contributed by atoms with Crippen molar-refractivity contribution < 1.29 is 9.84 Å². The number of rotatable bonds is 2. The molecule has 3 aromatic carbocycles. The Morgan fingerprint density at radius 1 is 0.739 bits per heavy atom. The summed E-state index contributed by atoms with van der Waals surface area (Å²) in [5, 5.41) is 10.7. The molecule has 1 unspecified atom stereocenters. The summed E-state index contributed by atoms with van der Waals surface area (Å²) < 4.78 is 6.50. The van der Waals surface area contributed by atoms with Crippen LogP contribution in [0.15, 0.2) is 84.9 Å². The van der Waals surface area contributed by atoms with Gasteiger partial charge in [-0.1, -0.05) is 78.9 Å². The zero-order valence-corrected chi connectivity index (χ0v) is 12.7. The molecule has 1 heterocycles. The van der Waals surface area contributed by atoms with Crippen molar-refractivity contribution in [1.29, 1.82) is 0 Å². The number of hydrogen-bond donors (Lipinski definition) is 1. The molecule has 0 bridgehead atoms. The third-order valence-electron chi connectivity index (χ3n) is 4.52. The first-order valence-corrected chi connectivity index (χ1v) is 7.87. The van der Waals surface area contributed by atoms with Gasteiger partial charge in [-0.3, -0.25) is 0 Å². The third-order valence-corrected chi connectivity index (χ3v) is 4.52. The first kappa shape index (κ1) is 14.0. The normalized spacial score (nSPS) is 18.7. The number of para-hydroxylation sites is 1. The Hall–Kier alpha value is -2.58. The lowest BCUT2D eigenvalue weighted by molar-refractivity contribution is 0.0105. The summed E-state index contributed by atoms with van der Waals surface area (Å²) in [5.41, 5.74) is 2.30. The Morgan fingerprint density at radius 3 is 1.87 bits per heavy atom. The number of benzene rings is 3. The highest BCUT2D eigenvalue weighted by molar-refractivity contribution is 5.45. The average Bonchev–Trinajstić information content (AvgIpc) is 2.63. The van der Waals surface area contributed by atoms with Crippen LogP contribution in [0.25, 0.3) is 0 Å². The molecule has 0 aromatic heterocycles. The smallest absolute Gasteiger partial charge is 0.162 e. The highest BCUT2D eigenvalue weighted by atomic mass is 16.5. The second-order valence-corrected chi connectivity index (χ2v) is 5.92. The van der Waals surface area contributed by atoms with Crippen molar-refractivity contribution in [3.8, 4) is 5.75 Å². The minimum Gasteiger partial charge on any atom is -0.477 e. The molecule has 114 valence electrons. The van der Waals surface area contributed by atoms with E-state index in [4.69, 9.17) is 4.74 Å². The lowest BCUT2D eigenvalue weighted by Crippen LogP contribution is -2.39. The Balaban J connectivity index is 1.92. The third kappa shape index (κ3) is 2.32. The molecule has 3 aromatic rings. The van der Waals surface area contributed by atoms with Crippen LogP contribution in [0.4, 0.5) is 0 Å². The van der Waals surface area contributed by atoms with E-state index in [0.29, 0.717) is 6.42 Å². The van der Waals surface area contributed by atoms with Gasteiger partial charge in [-0.15, -0.1) is 0 Å². The largest absolute Gasteiger partial charge is 0.477 e. The van der Waals surface area contributed by atoms with Crippen molar-refractivity contribution in [3.05, 3.63) is 102 Å². The molecule has 0 fully saturated rings. The van der Waals surface area contributed by atoms with Crippen molar-refractivity contribution in [1.82, 2.24) is 0 Å². The predicted octanol–water partition coefficient (Wildman–Crippen LogP) is 4.45. The molecule has 0 saturated heterocycles. The molecule has 0 radical (unpaired) electrons. The van der Waals surface area contributed by atoms with E-state index in [1.165, 1.54) is 0 Å². The minimum atomic E-state index is -0.670. The van der Waals surface area contributed by atoms with E-state index >= 15 is 0 Å². The van der Waals surface area contributed by atoms with Crippen LogP contribution in [0.1, 0.15) is 29.2 Å². The second kappa shape index (κ2) is 5.56. The fraction of sp³-hybridized carbons (Fsp3) is 0.143. The summed E-state index contributed by atoms with van der Waals surface area (Å²) in [7, 11) is 0. The van der Waals surface area contributed by atoms with Crippen molar-refractivity contribution in [3.63, 3.8) is 0 Å². The predicted molar refractivity (Wildman–Crippen MR) is 90.3 cm³/mol.